The van der Waals surface area contributed by atoms with Crippen LogP contribution in [0.4, 0.5) is 0 Å². The highest BCUT2D eigenvalue weighted by atomic mass is 16.6. The number of amides is 1. The molecule has 1 aliphatic rings. The average Bonchev–Trinajstić information content (AvgIpc) is 2.74. The Morgan fingerprint density at radius 1 is 1.18 bits per heavy atom. The maximum atomic E-state index is 12.8. The van der Waals surface area contributed by atoms with Gasteiger partial charge in [0.25, 0.3) is 5.91 Å². The molecule has 7 nitrogen and oxygen atoms in total. The van der Waals surface area contributed by atoms with Gasteiger partial charge in [-0.05, 0) is 24.1 Å². The van der Waals surface area contributed by atoms with Crippen LogP contribution in [0, 0.1) is 0 Å². The van der Waals surface area contributed by atoms with Crippen molar-refractivity contribution < 1.29 is 28.9 Å². The highest BCUT2D eigenvalue weighted by Crippen LogP contribution is 2.40. The van der Waals surface area contributed by atoms with Crippen LogP contribution >= 0.6 is 0 Å². The van der Waals surface area contributed by atoms with Gasteiger partial charge in [-0.1, -0.05) is 37.3 Å². The molecule has 0 bridgehead atoms. The van der Waals surface area contributed by atoms with Crippen LogP contribution in [0.2, 0.25) is 0 Å². The van der Waals surface area contributed by atoms with Gasteiger partial charge in [0, 0.05) is 12.1 Å². The van der Waals surface area contributed by atoms with Crippen molar-refractivity contribution in [1.82, 2.24) is 5.32 Å². The number of carbonyl (C=O) groups excluding carboxylic acids is 1. The van der Waals surface area contributed by atoms with E-state index in [1.165, 1.54) is 7.11 Å². The zero-order valence-corrected chi connectivity index (χ0v) is 15.9. The van der Waals surface area contributed by atoms with Gasteiger partial charge in [0.15, 0.2) is 11.5 Å². The summed E-state index contributed by atoms with van der Waals surface area (Å²) < 4.78 is 16.4. The molecule has 148 valence electrons. The van der Waals surface area contributed by atoms with Crippen molar-refractivity contribution in [3.63, 3.8) is 0 Å². The summed E-state index contributed by atoms with van der Waals surface area (Å²) in [7, 11) is 1.48. The summed E-state index contributed by atoms with van der Waals surface area (Å²) in [6.45, 7) is 2.54. The number of fused-ring (bicyclic) bond motifs is 1. The Bertz CT molecular complexity index is 849. The zero-order chi connectivity index (χ0) is 20.1. The number of benzene rings is 2. The Kier molecular flexibility index (Phi) is 5.73. The first-order valence-corrected chi connectivity index (χ1v) is 9.06. The first-order chi connectivity index (χ1) is 13.5. The molecular weight excluding hydrogens is 362 g/mol. The van der Waals surface area contributed by atoms with E-state index in [0.717, 1.165) is 0 Å². The van der Waals surface area contributed by atoms with Crippen molar-refractivity contribution in [2.24, 2.45) is 0 Å². The lowest BCUT2D eigenvalue weighted by molar-refractivity contribution is -0.143. The molecule has 7 heteroatoms. The molecule has 0 fully saturated rings. The molecule has 2 N–H and O–H groups in total. The number of ether oxygens (including phenoxy) is 3. The molecule has 1 amide bonds. The third-order valence-corrected chi connectivity index (χ3v) is 4.98. The van der Waals surface area contributed by atoms with Crippen molar-refractivity contribution in [2.45, 2.75) is 18.8 Å². The second kappa shape index (κ2) is 8.21. The summed E-state index contributed by atoms with van der Waals surface area (Å²) in [5.41, 5.74) is -0.260. The summed E-state index contributed by atoms with van der Waals surface area (Å²) in [6, 6.07) is 12.1. The number of carboxylic acid groups (broad SMARTS) is 1. The maximum absolute atomic E-state index is 12.8. The van der Waals surface area contributed by atoms with Crippen LogP contribution in [0.15, 0.2) is 42.5 Å². The molecule has 1 unspecified atom stereocenters. The fourth-order valence-corrected chi connectivity index (χ4v) is 3.28. The van der Waals surface area contributed by atoms with E-state index in [9.17, 15) is 14.7 Å². The lowest BCUT2D eigenvalue weighted by atomic mass is 9.78. The number of carbonyl (C=O) groups is 2. The van der Waals surface area contributed by atoms with Gasteiger partial charge >= 0.3 is 5.97 Å². The molecule has 1 atom stereocenters. The largest absolute Gasteiger partial charge is 0.493 e. The summed E-state index contributed by atoms with van der Waals surface area (Å²) in [4.78, 5) is 24.8. The predicted octanol–water partition coefficient (Wildman–Crippen LogP) is 2.63. The van der Waals surface area contributed by atoms with Crippen LogP contribution in [0.1, 0.15) is 29.3 Å². The van der Waals surface area contributed by atoms with Gasteiger partial charge in [-0.2, -0.15) is 0 Å². The molecule has 0 aliphatic carbocycles. The molecule has 0 spiro atoms. The van der Waals surface area contributed by atoms with Crippen molar-refractivity contribution in [3.8, 4) is 17.2 Å². The summed E-state index contributed by atoms with van der Waals surface area (Å²) in [5.74, 6) is -0.112. The Labute approximate surface area is 163 Å². The van der Waals surface area contributed by atoms with E-state index < -0.39 is 17.3 Å². The van der Waals surface area contributed by atoms with Gasteiger partial charge < -0.3 is 24.6 Å². The smallest absolute Gasteiger partial charge is 0.315 e. The molecule has 2 aromatic rings. The van der Waals surface area contributed by atoms with Crippen molar-refractivity contribution in [1.29, 1.82) is 0 Å². The molecule has 2 aromatic carbocycles. The third kappa shape index (κ3) is 3.60. The Hall–Kier alpha value is -3.22. The SMILES string of the molecule is CCC(CNC(=O)c1cc(OC)c2c(c1)OCCO2)(C(=O)O)c1ccccc1. The topological polar surface area (TPSA) is 94.1 Å². The van der Waals surface area contributed by atoms with Crippen molar-refractivity contribution in [2.75, 3.05) is 26.9 Å². The van der Waals surface area contributed by atoms with Crippen LogP contribution in [0.3, 0.4) is 0 Å². The molecule has 0 saturated heterocycles. The molecular formula is C21H23NO6. The highest BCUT2D eigenvalue weighted by molar-refractivity contribution is 5.96. The van der Waals surface area contributed by atoms with Gasteiger partial charge in [0.1, 0.15) is 18.6 Å². The first-order valence-electron chi connectivity index (χ1n) is 9.06. The van der Waals surface area contributed by atoms with Gasteiger partial charge in [-0.3, -0.25) is 9.59 Å². The number of aliphatic carboxylic acids is 1. The van der Waals surface area contributed by atoms with E-state index in [1.54, 1.807) is 43.3 Å². The second-order valence-electron chi connectivity index (χ2n) is 6.49. The number of nitrogens with one attached hydrogen (secondary N) is 1. The lowest BCUT2D eigenvalue weighted by Crippen LogP contribution is -2.46. The molecule has 0 radical (unpaired) electrons. The van der Waals surface area contributed by atoms with E-state index in [2.05, 4.69) is 5.32 Å². The second-order valence-corrected chi connectivity index (χ2v) is 6.49. The van der Waals surface area contributed by atoms with E-state index in [4.69, 9.17) is 14.2 Å². The molecule has 0 aromatic heterocycles. The van der Waals surface area contributed by atoms with E-state index in [1.807, 2.05) is 6.07 Å². The monoisotopic (exact) mass is 385 g/mol. The fraction of sp³-hybridized carbons (Fsp3) is 0.333. The zero-order valence-electron chi connectivity index (χ0n) is 15.9. The standard InChI is InChI=1S/C21H23NO6/c1-3-21(20(24)25,15-7-5-4-6-8-15)13-22-19(23)14-11-16(26-2)18-17(12-14)27-9-10-28-18/h4-8,11-12H,3,9-10,13H2,1-2H3,(H,22,23)(H,24,25). The number of methoxy groups -OCH3 is 1. The quantitative estimate of drug-likeness (QED) is 0.761. The molecule has 1 aliphatic heterocycles. The minimum atomic E-state index is -1.21. The van der Waals surface area contributed by atoms with Gasteiger partial charge in [0.05, 0.1) is 7.11 Å². The number of rotatable bonds is 7. The minimum absolute atomic E-state index is 0.0432. The number of hydrogen-bond acceptors (Lipinski definition) is 5. The van der Waals surface area contributed by atoms with E-state index >= 15 is 0 Å². The van der Waals surface area contributed by atoms with Crippen molar-refractivity contribution in [3.05, 3.63) is 53.6 Å². The molecule has 0 saturated carbocycles. The lowest BCUT2D eigenvalue weighted by Gasteiger charge is -2.29. The van der Waals surface area contributed by atoms with Crippen LogP contribution in [-0.4, -0.2) is 43.9 Å². The van der Waals surface area contributed by atoms with E-state index in [0.29, 0.717) is 48.0 Å². The predicted molar refractivity (Wildman–Crippen MR) is 102 cm³/mol. The van der Waals surface area contributed by atoms with Crippen LogP contribution in [0.5, 0.6) is 17.2 Å². The molecule has 1 heterocycles. The molecule has 28 heavy (non-hydrogen) atoms. The normalized spacial score (nSPS) is 14.6. The fourth-order valence-electron chi connectivity index (χ4n) is 3.28. The number of carboxylic acids is 1. The third-order valence-electron chi connectivity index (χ3n) is 4.98. The van der Waals surface area contributed by atoms with Gasteiger partial charge in [-0.15, -0.1) is 0 Å². The highest BCUT2D eigenvalue weighted by Gasteiger charge is 2.39. The first kappa shape index (κ1) is 19.5. The Morgan fingerprint density at radius 2 is 1.89 bits per heavy atom. The summed E-state index contributed by atoms with van der Waals surface area (Å²) in [5, 5.41) is 12.7. The van der Waals surface area contributed by atoms with Crippen LogP contribution in [-0.2, 0) is 10.2 Å². The number of hydrogen-bond donors (Lipinski definition) is 2. The summed E-state index contributed by atoms with van der Waals surface area (Å²) in [6.07, 6.45) is 0.330. The van der Waals surface area contributed by atoms with Crippen LogP contribution in [0.25, 0.3) is 0 Å². The Morgan fingerprint density at radius 3 is 2.54 bits per heavy atom. The Balaban J connectivity index is 1.85. The van der Waals surface area contributed by atoms with Gasteiger partial charge in [0.2, 0.25) is 5.75 Å². The summed E-state index contributed by atoms with van der Waals surface area (Å²) >= 11 is 0. The van der Waals surface area contributed by atoms with E-state index in [-0.39, 0.29) is 6.54 Å². The maximum Gasteiger partial charge on any atom is 0.315 e. The minimum Gasteiger partial charge on any atom is -0.493 e. The van der Waals surface area contributed by atoms with Crippen molar-refractivity contribution >= 4 is 11.9 Å². The molecule has 3 rings (SSSR count). The van der Waals surface area contributed by atoms with Gasteiger partial charge in [-0.25, -0.2) is 0 Å². The van der Waals surface area contributed by atoms with Crippen LogP contribution < -0.4 is 19.5 Å². The average molecular weight is 385 g/mol.